The molecule has 0 atom stereocenters. The highest BCUT2D eigenvalue weighted by molar-refractivity contribution is 6.33. The van der Waals surface area contributed by atoms with Crippen molar-refractivity contribution in [2.24, 2.45) is 5.10 Å². The first kappa shape index (κ1) is 15.9. The second kappa shape index (κ2) is 7.51. The zero-order chi connectivity index (χ0) is 15.9. The molecule has 0 heterocycles. The van der Waals surface area contributed by atoms with Crippen LogP contribution in [0.1, 0.15) is 15.9 Å². The van der Waals surface area contributed by atoms with Crippen LogP contribution in [0, 0.1) is 0 Å². The molecule has 114 valence electrons. The van der Waals surface area contributed by atoms with Gasteiger partial charge in [-0.2, -0.15) is 13.9 Å². The fourth-order valence-electron chi connectivity index (χ4n) is 1.61. The molecule has 0 radical (unpaired) electrons. The number of amides is 1. The highest BCUT2D eigenvalue weighted by Crippen LogP contribution is 2.15. The van der Waals surface area contributed by atoms with Crippen LogP contribution in [0.4, 0.5) is 8.78 Å². The number of rotatable bonds is 5. The van der Waals surface area contributed by atoms with Crippen LogP contribution < -0.4 is 10.2 Å². The normalized spacial score (nSPS) is 10.9. The van der Waals surface area contributed by atoms with E-state index in [1.807, 2.05) is 0 Å². The molecule has 0 aliphatic carbocycles. The van der Waals surface area contributed by atoms with Crippen molar-refractivity contribution < 1.29 is 18.3 Å². The standard InChI is InChI=1S/C15H11ClF2N2O2/c16-13-4-2-1-3-12(13)14(21)20-19-9-10-5-7-11(8-6-10)22-15(17)18/h1-9,15H,(H,20,21)/b19-9+. The van der Waals surface area contributed by atoms with Crippen molar-refractivity contribution in [2.75, 3.05) is 0 Å². The van der Waals surface area contributed by atoms with E-state index >= 15 is 0 Å². The number of benzene rings is 2. The Morgan fingerprint density at radius 1 is 1.18 bits per heavy atom. The van der Waals surface area contributed by atoms with Gasteiger partial charge in [0.2, 0.25) is 0 Å². The predicted octanol–water partition coefficient (Wildman–Crippen LogP) is 3.71. The van der Waals surface area contributed by atoms with Gasteiger partial charge in [0, 0.05) is 0 Å². The molecule has 4 nitrogen and oxygen atoms in total. The Morgan fingerprint density at radius 3 is 2.50 bits per heavy atom. The fraction of sp³-hybridized carbons (Fsp3) is 0.0667. The summed E-state index contributed by atoms with van der Waals surface area (Å²) in [5.41, 5.74) is 3.25. The third-order valence-electron chi connectivity index (χ3n) is 2.60. The van der Waals surface area contributed by atoms with Crippen molar-refractivity contribution >= 4 is 23.7 Å². The molecule has 1 N–H and O–H groups in total. The lowest BCUT2D eigenvalue weighted by molar-refractivity contribution is -0.0498. The summed E-state index contributed by atoms with van der Waals surface area (Å²) in [6, 6.07) is 12.4. The van der Waals surface area contributed by atoms with Crippen molar-refractivity contribution in [3.63, 3.8) is 0 Å². The van der Waals surface area contributed by atoms with Crippen LogP contribution in [-0.4, -0.2) is 18.7 Å². The van der Waals surface area contributed by atoms with Gasteiger partial charge in [0.05, 0.1) is 16.8 Å². The van der Waals surface area contributed by atoms with Crippen LogP contribution in [-0.2, 0) is 0 Å². The number of hydrazone groups is 1. The minimum atomic E-state index is -2.87. The SMILES string of the molecule is O=C(N/N=C/c1ccc(OC(F)F)cc1)c1ccccc1Cl. The molecule has 0 fully saturated rings. The molecule has 22 heavy (non-hydrogen) atoms. The number of carbonyl (C=O) groups is 1. The molecule has 2 aromatic rings. The smallest absolute Gasteiger partial charge is 0.387 e. The average molecular weight is 325 g/mol. The van der Waals surface area contributed by atoms with Crippen LogP contribution >= 0.6 is 11.6 Å². The number of carbonyl (C=O) groups excluding carboxylic acids is 1. The lowest BCUT2D eigenvalue weighted by atomic mass is 10.2. The topological polar surface area (TPSA) is 50.7 Å². The minimum Gasteiger partial charge on any atom is -0.435 e. The van der Waals surface area contributed by atoms with Crippen molar-refractivity contribution in [3.05, 3.63) is 64.7 Å². The third-order valence-corrected chi connectivity index (χ3v) is 2.93. The van der Waals surface area contributed by atoms with E-state index in [4.69, 9.17) is 11.6 Å². The van der Waals surface area contributed by atoms with Crippen LogP contribution in [0.15, 0.2) is 53.6 Å². The van der Waals surface area contributed by atoms with Gasteiger partial charge in [-0.25, -0.2) is 5.43 Å². The second-order valence-electron chi connectivity index (χ2n) is 4.13. The first-order chi connectivity index (χ1) is 10.6. The van der Waals surface area contributed by atoms with Crippen molar-refractivity contribution in [2.45, 2.75) is 6.61 Å². The quantitative estimate of drug-likeness (QED) is 0.673. The fourth-order valence-corrected chi connectivity index (χ4v) is 1.83. The molecule has 1 amide bonds. The van der Waals surface area contributed by atoms with E-state index < -0.39 is 12.5 Å². The van der Waals surface area contributed by atoms with Crippen LogP contribution in [0.2, 0.25) is 5.02 Å². The summed E-state index contributed by atoms with van der Waals surface area (Å²) in [6.07, 6.45) is 1.38. The largest absolute Gasteiger partial charge is 0.435 e. The summed E-state index contributed by atoms with van der Waals surface area (Å²) in [4.78, 5) is 11.8. The first-order valence-corrected chi connectivity index (χ1v) is 6.57. The van der Waals surface area contributed by atoms with Crippen molar-refractivity contribution in [1.29, 1.82) is 0 Å². The third kappa shape index (κ3) is 4.53. The molecule has 0 aliphatic heterocycles. The minimum absolute atomic E-state index is 0.0484. The average Bonchev–Trinajstić information content (AvgIpc) is 2.49. The van der Waals surface area contributed by atoms with E-state index in [-0.39, 0.29) is 5.75 Å². The second-order valence-corrected chi connectivity index (χ2v) is 4.53. The predicted molar refractivity (Wildman–Crippen MR) is 79.6 cm³/mol. The number of hydrogen-bond acceptors (Lipinski definition) is 3. The maximum Gasteiger partial charge on any atom is 0.387 e. The summed E-state index contributed by atoms with van der Waals surface area (Å²) in [6.45, 7) is -2.87. The van der Waals surface area contributed by atoms with E-state index in [0.717, 1.165) is 0 Å². The number of ether oxygens (including phenoxy) is 1. The first-order valence-electron chi connectivity index (χ1n) is 6.19. The van der Waals surface area contributed by atoms with Gasteiger partial charge in [-0.3, -0.25) is 4.79 Å². The monoisotopic (exact) mass is 324 g/mol. The highest BCUT2D eigenvalue weighted by Gasteiger charge is 2.07. The van der Waals surface area contributed by atoms with E-state index in [2.05, 4.69) is 15.3 Å². The van der Waals surface area contributed by atoms with Gasteiger partial charge in [-0.1, -0.05) is 23.7 Å². The zero-order valence-electron chi connectivity index (χ0n) is 11.2. The molecule has 7 heteroatoms. The van der Waals surface area contributed by atoms with Gasteiger partial charge in [-0.05, 0) is 42.0 Å². The maximum absolute atomic E-state index is 12.0. The van der Waals surface area contributed by atoms with Crippen molar-refractivity contribution in [1.82, 2.24) is 5.43 Å². The van der Waals surface area contributed by atoms with E-state index in [1.165, 1.54) is 30.5 Å². The van der Waals surface area contributed by atoms with E-state index in [1.54, 1.807) is 24.3 Å². The summed E-state index contributed by atoms with van der Waals surface area (Å²) >= 11 is 5.89. The van der Waals surface area contributed by atoms with Crippen molar-refractivity contribution in [3.8, 4) is 5.75 Å². The molecule has 2 aromatic carbocycles. The number of nitrogens with one attached hydrogen (secondary N) is 1. The highest BCUT2D eigenvalue weighted by atomic mass is 35.5. The molecule has 0 aliphatic rings. The van der Waals surface area contributed by atoms with Gasteiger partial charge in [-0.15, -0.1) is 0 Å². The van der Waals surface area contributed by atoms with E-state index in [9.17, 15) is 13.6 Å². The van der Waals surface area contributed by atoms with Gasteiger partial charge in [0.1, 0.15) is 5.75 Å². The zero-order valence-corrected chi connectivity index (χ0v) is 11.9. The lowest BCUT2D eigenvalue weighted by Gasteiger charge is -2.04. The Balaban J connectivity index is 1.95. The lowest BCUT2D eigenvalue weighted by Crippen LogP contribution is -2.17. The number of nitrogens with zero attached hydrogens (tertiary/aromatic N) is 1. The molecular weight excluding hydrogens is 314 g/mol. The Hall–Kier alpha value is -2.47. The van der Waals surface area contributed by atoms with Crippen LogP contribution in [0.3, 0.4) is 0 Å². The summed E-state index contributed by atoms with van der Waals surface area (Å²) < 4.78 is 28.2. The molecule has 0 aromatic heterocycles. The summed E-state index contributed by atoms with van der Waals surface area (Å²) in [7, 11) is 0. The van der Waals surface area contributed by atoms with Gasteiger partial charge in [0.15, 0.2) is 0 Å². The summed E-state index contributed by atoms with van der Waals surface area (Å²) in [5.74, 6) is -0.397. The van der Waals surface area contributed by atoms with Gasteiger partial charge in [0.25, 0.3) is 5.91 Å². The Kier molecular flexibility index (Phi) is 5.43. The number of hydrogen-bond donors (Lipinski definition) is 1. The Morgan fingerprint density at radius 2 is 1.86 bits per heavy atom. The molecule has 0 unspecified atom stereocenters. The van der Waals surface area contributed by atoms with E-state index in [0.29, 0.717) is 16.1 Å². The molecule has 0 saturated heterocycles. The van der Waals surface area contributed by atoms with Gasteiger partial charge < -0.3 is 4.74 Å². The Labute approximate surface area is 130 Å². The summed E-state index contributed by atoms with van der Waals surface area (Å²) in [5, 5.41) is 4.10. The molecule has 2 rings (SSSR count). The molecule has 0 saturated carbocycles. The maximum atomic E-state index is 12.0. The molecule has 0 spiro atoms. The number of halogens is 3. The van der Waals surface area contributed by atoms with Gasteiger partial charge >= 0.3 is 6.61 Å². The van der Waals surface area contributed by atoms with Crippen LogP contribution in [0.25, 0.3) is 0 Å². The number of alkyl halides is 2. The Bertz CT molecular complexity index is 675. The van der Waals surface area contributed by atoms with Crippen LogP contribution in [0.5, 0.6) is 5.75 Å². The molecular formula is C15H11ClF2N2O2. The molecule has 0 bridgehead atoms.